The summed E-state index contributed by atoms with van der Waals surface area (Å²) in [7, 11) is 4.75. The first-order valence-electron chi connectivity index (χ1n) is 12.7. The summed E-state index contributed by atoms with van der Waals surface area (Å²) in [6.07, 6.45) is 5.10. The van der Waals surface area contributed by atoms with Gasteiger partial charge >= 0.3 is 0 Å². The molecule has 0 aromatic heterocycles. The SMILES string of the molecule is Cc1ccc2c(c1C)[C@]13CCN(C)[C@H](C2)C1(C)CCC(N(C)Cc1ccccc1)C3(C)C. The second-order valence-electron chi connectivity index (χ2n) is 12.0. The number of aryl methyl sites for hydroxylation is 1. The fraction of sp³-hybridized carbons (Fsp3) is 0.600. The predicted molar refractivity (Wildman–Crippen MR) is 135 cm³/mol. The van der Waals surface area contributed by atoms with Crippen molar-refractivity contribution in [1.82, 2.24) is 9.80 Å². The van der Waals surface area contributed by atoms with Crippen molar-refractivity contribution < 1.29 is 0 Å². The Labute approximate surface area is 196 Å². The van der Waals surface area contributed by atoms with Crippen LogP contribution in [-0.4, -0.2) is 42.5 Å². The maximum Gasteiger partial charge on any atom is 0.0233 e. The minimum Gasteiger partial charge on any atom is -0.302 e. The Morgan fingerprint density at radius 2 is 1.72 bits per heavy atom. The summed E-state index contributed by atoms with van der Waals surface area (Å²) in [6, 6.07) is 17.1. The summed E-state index contributed by atoms with van der Waals surface area (Å²) in [5.74, 6) is 0. The highest BCUT2D eigenvalue weighted by molar-refractivity contribution is 5.52. The Balaban J connectivity index is 1.66. The molecule has 2 aromatic rings. The largest absolute Gasteiger partial charge is 0.302 e. The van der Waals surface area contributed by atoms with Crippen LogP contribution in [0.4, 0.5) is 0 Å². The third-order valence-corrected chi connectivity index (χ3v) is 10.4. The van der Waals surface area contributed by atoms with Gasteiger partial charge in [-0.15, -0.1) is 0 Å². The molecule has 2 aliphatic carbocycles. The zero-order valence-electron chi connectivity index (χ0n) is 21.3. The average Bonchev–Trinajstić information content (AvgIpc) is 2.74. The van der Waals surface area contributed by atoms with E-state index in [4.69, 9.17) is 0 Å². The van der Waals surface area contributed by atoms with E-state index >= 15 is 0 Å². The number of fused-ring (bicyclic) bond motifs is 1. The number of likely N-dealkylation sites (N-methyl/N-ethyl adjacent to an activating group) is 1. The Morgan fingerprint density at radius 3 is 2.44 bits per heavy atom. The van der Waals surface area contributed by atoms with Crippen LogP contribution in [0.3, 0.4) is 0 Å². The third kappa shape index (κ3) is 2.78. The molecule has 172 valence electrons. The smallest absolute Gasteiger partial charge is 0.0233 e. The summed E-state index contributed by atoms with van der Waals surface area (Å²) in [5, 5.41) is 0. The van der Waals surface area contributed by atoms with Crippen LogP contribution in [0.5, 0.6) is 0 Å². The summed E-state index contributed by atoms with van der Waals surface area (Å²) < 4.78 is 0. The number of benzene rings is 2. The Kier molecular flexibility index (Phi) is 5.15. The van der Waals surface area contributed by atoms with Crippen LogP contribution in [0.1, 0.15) is 67.9 Å². The second-order valence-corrected chi connectivity index (χ2v) is 12.0. The van der Waals surface area contributed by atoms with E-state index in [2.05, 4.69) is 101 Å². The van der Waals surface area contributed by atoms with Gasteiger partial charge in [0.2, 0.25) is 0 Å². The standard InChI is InChI=1S/C30H42N2/c1-21-13-14-24-19-26-29(5)16-15-25(32(7)20-23-11-9-8-10-12-23)28(3,4)30(29,17-18-31(26)6)27(24)22(21)2/h8-14,25-26H,15-20H2,1-7H3/t25?,26-,29?,30+/m1/s1. The number of hydrogen-bond acceptors (Lipinski definition) is 2. The summed E-state index contributed by atoms with van der Waals surface area (Å²) in [6.45, 7) is 14.9. The number of nitrogens with zero attached hydrogens (tertiary/aromatic N) is 2. The molecule has 0 amide bonds. The van der Waals surface area contributed by atoms with Crippen molar-refractivity contribution in [2.24, 2.45) is 10.8 Å². The van der Waals surface area contributed by atoms with Crippen molar-refractivity contribution in [3.8, 4) is 0 Å². The fourth-order valence-electron chi connectivity index (χ4n) is 8.79. The molecule has 1 saturated heterocycles. The van der Waals surface area contributed by atoms with Gasteiger partial charge in [0.25, 0.3) is 0 Å². The molecule has 2 aromatic carbocycles. The highest BCUT2D eigenvalue weighted by Crippen LogP contribution is 2.70. The molecular formula is C30H42N2. The molecule has 2 heteroatoms. The van der Waals surface area contributed by atoms with E-state index in [1.54, 1.807) is 16.7 Å². The highest BCUT2D eigenvalue weighted by atomic mass is 15.2. The van der Waals surface area contributed by atoms with E-state index in [-0.39, 0.29) is 10.8 Å². The zero-order valence-corrected chi connectivity index (χ0v) is 21.3. The fourth-order valence-corrected chi connectivity index (χ4v) is 8.79. The minimum absolute atomic E-state index is 0.191. The van der Waals surface area contributed by atoms with Gasteiger partial charge in [-0.1, -0.05) is 63.2 Å². The van der Waals surface area contributed by atoms with Gasteiger partial charge in [-0.2, -0.15) is 0 Å². The first kappa shape index (κ1) is 22.2. The summed E-state index contributed by atoms with van der Waals surface area (Å²) in [4.78, 5) is 5.37. The highest BCUT2D eigenvalue weighted by Gasteiger charge is 2.69. The van der Waals surface area contributed by atoms with Crippen molar-refractivity contribution in [2.45, 2.75) is 84.3 Å². The van der Waals surface area contributed by atoms with Gasteiger partial charge in [-0.05, 0) is 98.8 Å². The van der Waals surface area contributed by atoms with Crippen molar-refractivity contribution in [2.75, 3.05) is 20.6 Å². The van der Waals surface area contributed by atoms with Crippen molar-refractivity contribution in [3.63, 3.8) is 0 Å². The Morgan fingerprint density at radius 1 is 1.00 bits per heavy atom. The van der Waals surface area contributed by atoms with E-state index in [1.165, 1.54) is 43.4 Å². The normalized spacial score (nSPS) is 33.6. The topological polar surface area (TPSA) is 6.48 Å². The summed E-state index contributed by atoms with van der Waals surface area (Å²) >= 11 is 0. The molecule has 4 atom stereocenters. The van der Waals surface area contributed by atoms with Gasteiger partial charge in [0.15, 0.2) is 0 Å². The molecule has 2 bridgehead atoms. The molecule has 2 unspecified atom stereocenters. The van der Waals surface area contributed by atoms with Gasteiger partial charge in [0, 0.05) is 24.0 Å². The van der Waals surface area contributed by atoms with Crippen LogP contribution < -0.4 is 0 Å². The van der Waals surface area contributed by atoms with E-state index in [9.17, 15) is 0 Å². The van der Waals surface area contributed by atoms with Gasteiger partial charge < -0.3 is 4.90 Å². The van der Waals surface area contributed by atoms with Crippen molar-refractivity contribution in [1.29, 1.82) is 0 Å². The number of rotatable bonds is 3. The molecule has 2 nitrogen and oxygen atoms in total. The molecule has 3 aliphatic rings. The molecule has 1 saturated carbocycles. The lowest BCUT2D eigenvalue weighted by atomic mass is 9.36. The average molecular weight is 431 g/mol. The first-order valence-corrected chi connectivity index (χ1v) is 12.7. The second kappa shape index (κ2) is 7.43. The third-order valence-electron chi connectivity index (χ3n) is 10.4. The van der Waals surface area contributed by atoms with Crippen molar-refractivity contribution in [3.05, 3.63) is 70.3 Å². The molecule has 0 radical (unpaired) electrons. The summed E-state index contributed by atoms with van der Waals surface area (Å²) in [5.41, 5.74) is 8.54. The lowest BCUT2D eigenvalue weighted by molar-refractivity contribution is -0.163. The molecule has 1 aliphatic heterocycles. The van der Waals surface area contributed by atoms with Crippen LogP contribution in [0.25, 0.3) is 0 Å². The Bertz CT molecular complexity index is 1010. The van der Waals surface area contributed by atoms with E-state index < -0.39 is 0 Å². The lowest BCUT2D eigenvalue weighted by Crippen LogP contribution is -2.74. The predicted octanol–water partition coefficient (Wildman–Crippen LogP) is 6.13. The van der Waals surface area contributed by atoms with E-state index in [0.717, 1.165) is 6.54 Å². The number of likely N-dealkylation sites (tertiary alicyclic amines) is 1. The lowest BCUT2D eigenvalue weighted by Gasteiger charge is -2.73. The molecule has 32 heavy (non-hydrogen) atoms. The quantitative estimate of drug-likeness (QED) is 0.578. The van der Waals surface area contributed by atoms with Crippen LogP contribution in [0, 0.1) is 24.7 Å². The van der Waals surface area contributed by atoms with Crippen molar-refractivity contribution >= 4 is 0 Å². The molecule has 0 N–H and O–H groups in total. The zero-order chi connectivity index (χ0) is 22.9. The number of piperidine rings is 1. The maximum absolute atomic E-state index is 2.69. The van der Waals surface area contributed by atoms with Crippen LogP contribution in [-0.2, 0) is 18.4 Å². The van der Waals surface area contributed by atoms with E-state index in [1.807, 2.05) is 0 Å². The van der Waals surface area contributed by atoms with Crippen LogP contribution in [0.15, 0.2) is 42.5 Å². The van der Waals surface area contributed by atoms with Gasteiger partial charge in [-0.3, -0.25) is 4.90 Å². The van der Waals surface area contributed by atoms with E-state index in [0.29, 0.717) is 17.5 Å². The molecule has 5 rings (SSSR count). The minimum atomic E-state index is 0.191. The Hall–Kier alpha value is -1.64. The molecular weight excluding hydrogens is 388 g/mol. The maximum atomic E-state index is 2.69. The van der Waals surface area contributed by atoms with Crippen LogP contribution in [0.2, 0.25) is 0 Å². The molecule has 0 spiro atoms. The van der Waals surface area contributed by atoms with Gasteiger partial charge in [0.1, 0.15) is 0 Å². The van der Waals surface area contributed by atoms with Gasteiger partial charge in [-0.25, -0.2) is 0 Å². The number of hydrogen-bond donors (Lipinski definition) is 0. The van der Waals surface area contributed by atoms with Crippen LogP contribution >= 0.6 is 0 Å². The first-order chi connectivity index (χ1) is 15.1. The molecule has 1 heterocycles. The van der Waals surface area contributed by atoms with Gasteiger partial charge in [0.05, 0.1) is 0 Å². The molecule has 2 fully saturated rings. The monoisotopic (exact) mass is 430 g/mol.